The fraction of sp³-hybridized carbons (Fsp3) is 0.556. The van der Waals surface area contributed by atoms with Gasteiger partial charge in [0.25, 0.3) is 0 Å². The summed E-state index contributed by atoms with van der Waals surface area (Å²) in [5, 5.41) is 39.0. The van der Waals surface area contributed by atoms with E-state index in [1.165, 1.54) is 0 Å². The van der Waals surface area contributed by atoms with Gasteiger partial charge >= 0.3 is 11.4 Å². The number of aliphatic hydroxyl groups excluding tert-OH is 3. The van der Waals surface area contributed by atoms with Crippen LogP contribution in [-0.2, 0) is 4.74 Å². The monoisotopic (exact) mass is 288 g/mol. The van der Waals surface area contributed by atoms with Crippen molar-refractivity contribution < 1.29 is 25.0 Å². The number of ether oxygens (including phenoxy) is 1. The van der Waals surface area contributed by atoms with Crippen LogP contribution in [0.5, 0.6) is 0 Å². The minimum absolute atomic E-state index is 0.567. The maximum absolute atomic E-state index is 11.7. The number of hydrogen-bond donors (Lipinski definition) is 4. The van der Waals surface area contributed by atoms with Crippen molar-refractivity contribution in [1.82, 2.24) is 9.55 Å². The lowest BCUT2D eigenvalue weighted by Gasteiger charge is -2.16. The third-order valence-electron chi connectivity index (χ3n) is 2.95. The molecule has 0 aromatic carbocycles. The van der Waals surface area contributed by atoms with Crippen molar-refractivity contribution >= 4 is 11.5 Å². The third-order valence-corrected chi connectivity index (χ3v) is 2.95. The second-order valence-electron chi connectivity index (χ2n) is 4.19. The maximum Gasteiger partial charge on any atom is 0.352 e. The Labute approximate surface area is 111 Å². The molecule has 0 bridgehead atoms. The number of aliphatic hydroxyl groups is 3. The summed E-state index contributed by atoms with van der Waals surface area (Å²) in [5.74, 6) is -0.567. The quantitative estimate of drug-likeness (QED) is 0.342. The van der Waals surface area contributed by atoms with E-state index in [9.17, 15) is 25.1 Å². The summed E-state index contributed by atoms with van der Waals surface area (Å²) in [4.78, 5) is 24.8. The van der Waals surface area contributed by atoms with Crippen LogP contribution in [0.1, 0.15) is 6.23 Å². The van der Waals surface area contributed by atoms with Crippen molar-refractivity contribution in [3.8, 4) is 0 Å². The molecule has 11 nitrogen and oxygen atoms in total. The van der Waals surface area contributed by atoms with Crippen LogP contribution in [-0.4, -0.2) is 54.7 Å². The Bertz CT molecular complexity index is 588. The molecule has 1 aliphatic heterocycles. The van der Waals surface area contributed by atoms with Crippen LogP contribution in [0.3, 0.4) is 0 Å². The summed E-state index contributed by atoms with van der Waals surface area (Å²) in [6.07, 6.45) is -4.73. The minimum Gasteiger partial charge on any atom is -0.394 e. The molecule has 0 spiro atoms. The van der Waals surface area contributed by atoms with Gasteiger partial charge in [0.05, 0.1) is 17.7 Å². The first kappa shape index (κ1) is 14.3. The first-order valence-electron chi connectivity index (χ1n) is 5.52. The molecular weight excluding hydrogens is 276 g/mol. The molecule has 1 aromatic heterocycles. The molecule has 1 saturated heterocycles. The van der Waals surface area contributed by atoms with Crippen LogP contribution in [0, 0.1) is 10.1 Å². The summed E-state index contributed by atoms with van der Waals surface area (Å²) in [7, 11) is 0. The molecule has 5 N–H and O–H groups in total. The van der Waals surface area contributed by atoms with E-state index < -0.39 is 53.3 Å². The van der Waals surface area contributed by atoms with Gasteiger partial charge < -0.3 is 25.8 Å². The van der Waals surface area contributed by atoms with E-state index >= 15 is 0 Å². The lowest BCUT2D eigenvalue weighted by Crippen LogP contribution is -2.36. The van der Waals surface area contributed by atoms with E-state index in [0.717, 1.165) is 6.20 Å². The van der Waals surface area contributed by atoms with Crippen LogP contribution in [0.25, 0.3) is 0 Å². The lowest BCUT2D eigenvalue weighted by molar-refractivity contribution is -0.384. The first-order chi connectivity index (χ1) is 9.36. The van der Waals surface area contributed by atoms with Gasteiger partial charge in [0.15, 0.2) is 6.23 Å². The van der Waals surface area contributed by atoms with Gasteiger partial charge in [-0.2, -0.15) is 4.98 Å². The van der Waals surface area contributed by atoms with Gasteiger partial charge in [-0.15, -0.1) is 0 Å². The van der Waals surface area contributed by atoms with Crippen molar-refractivity contribution in [2.45, 2.75) is 24.5 Å². The zero-order valence-electron chi connectivity index (χ0n) is 9.99. The Morgan fingerprint density at radius 3 is 2.65 bits per heavy atom. The summed E-state index contributed by atoms with van der Waals surface area (Å²) in [5.41, 5.74) is 3.63. The third kappa shape index (κ3) is 2.22. The molecule has 0 saturated carbocycles. The predicted molar refractivity (Wildman–Crippen MR) is 62.6 cm³/mol. The van der Waals surface area contributed by atoms with Gasteiger partial charge in [0, 0.05) is 0 Å². The summed E-state index contributed by atoms with van der Waals surface area (Å²) >= 11 is 0. The average molecular weight is 288 g/mol. The van der Waals surface area contributed by atoms with E-state index in [-0.39, 0.29) is 0 Å². The molecule has 1 fully saturated rings. The van der Waals surface area contributed by atoms with E-state index in [4.69, 9.17) is 15.6 Å². The number of aromatic nitrogens is 2. The van der Waals surface area contributed by atoms with Crippen molar-refractivity contribution in [2.75, 3.05) is 12.3 Å². The molecule has 0 radical (unpaired) electrons. The second kappa shape index (κ2) is 5.13. The molecule has 4 atom stereocenters. The Kier molecular flexibility index (Phi) is 3.67. The highest BCUT2D eigenvalue weighted by Crippen LogP contribution is 2.29. The predicted octanol–water partition coefficient (Wildman–Crippen LogP) is -2.65. The number of hydrogen-bond acceptors (Lipinski definition) is 9. The summed E-state index contributed by atoms with van der Waals surface area (Å²) in [6.45, 7) is -0.589. The normalized spacial score (nSPS) is 29.6. The fourth-order valence-electron chi connectivity index (χ4n) is 1.90. The van der Waals surface area contributed by atoms with Gasteiger partial charge in [0.1, 0.15) is 18.3 Å². The molecule has 0 unspecified atom stereocenters. The van der Waals surface area contributed by atoms with Crippen LogP contribution in [0.15, 0.2) is 11.0 Å². The van der Waals surface area contributed by atoms with Gasteiger partial charge in [-0.25, -0.2) is 4.79 Å². The summed E-state index contributed by atoms with van der Waals surface area (Å²) < 4.78 is 5.74. The molecule has 11 heteroatoms. The zero-order valence-corrected chi connectivity index (χ0v) is 9.99. The molecule has 2 rings (SSSR count). The molecule has 0 aliphatic carbocycles. The average Bonchev–Trinajstić information content (AvgIpc) is 2.66. The standard InChI is InChI=1S/C9H12N4O7/c10-7-3(13(18)19)1-12(9(17)11-7)8-6(16)5(15)4(2-14)20-8/h1,4-6,8,14-16H,2H2,(H2,10,11,17)/t4-,5-,6-,8-/m1/s1. The SMILES string of the molecule is Nc1nc(=O)n([C@@H]2O[C@H](CO)[C@@H](O)[C@H]2O)cc1[N+](=O)[O-]. The largest absolute Gasteiger partial charge is 0.394 e. The molecule has 20 heavy (non-hydrogen) atoms. The lowest BCUT2D eigenvalue weighted by atomic mass is 10.1. The second-order valence-corrected chi connectivity index (χ2v) is 4.19. The minimum atomic E-state index is -1.55. The highest BCUT2D eigenvalue weighted by atomic mass is 16.6. The van der Waals surface area contributed by atoms with Gasteiger partial charge in [0.2, 0.25) is 5.82 Å². The molecule has 1 aromatic rings. The van der Waals surface area contributed by atoms with Crippen molar-refractivity contribution in [1.29, 1.82) is 0 Å². The molecular formula is C9H12N4O7. The number of anilines is 1. The van der Waals surface area contributed by atoms with Crippen LogP contribution in [0.4, 0.5) is 11.5 Å². The maximum atomic E-state index is 11.7. The Balaban J connectivity index is 2.46. The van der Waals surface area contributed by atoms with Crippen LogP contribution >= 0.6 is 0 Å². The van der Waals surface area contributed by atoms with Crippen LogP contribution in [0.2, 0.25) is 0 Å². The molecule has 2 heterocycles. The smallest absolute Gasteiger partial charge is 0.352 e. The van der Waals surface area contributed by atoms with E-state index in [1.807, 2.05) is 0 Å². The molecule has 1 aliphatic rings. The van der Waals surface area contributed by atoms with Crippen molar-refractivity contribution in [2.24, 2.45) is 0 Å². The topological polar surface area (TPSA) is 174 Å². The first-order valence-corrected chi connectivity index (χ1v) is 5.52. The van der Waals surface area contributed by atoms with Gasteiger partial charge in [-0.05, 0) is 0 Å². The molecule has 110 valence electrons. The van der Waals surface area contributed by atoms with Crippen molar-refractivity contribution in [3.05, 3.63) is 26.8 Å². The summed E-state index contributed by atoms with van der Waals surface area (Å²) in [6, 6.07) is 0. The van der Waals surface area contributed by atoms with Gasteiger partial charge in [-0.1, -0.05) is 0 Å². The van der Waals surface area contributed by atoms with E-state index in [0.29, 0.717) is 4.57 Å². The highest BCUT2D eigenvalue weighted by Gasteiger charge is 2.44. The number of nitro groups is 1. The fourth-order valence-corrected chi connectivity index (χ4v) is 1.90. The number of nitrogen functional groups attached to an aromatic ring is 1. The van der Waals surface area contributed by atoms with E-state index in [1.54, 1.807) is 0 Å². The number of rotatable bonds is 3. The highest BCUT2D eigenvalue weighted by molar-refractivity contribution is 5.49. The Morgan fingerprint density at radius 1 is 1.50 bits per heavy atom. The van der Waals surface area contributed by atoms with Gasteiger partial charge in [-0.3, -0.25) is 14.7 Å². The van der Waals surface area contributed by atoms with Crippen LogP contribution < -0.4 is 11.4 Å². The Morgan fingerprint density at radius 2 is 2.15 bits per heavy atom. The zero-order chi connectivity index (χ0) is 15.0. The van der Waals surface area contributed by atoms with E-state index in [2.05, 4.69) is 4.98 Å². The van der Waals surface area contributed by atoms with Crippen molar-refractivity contribution in [3.63, 3.8) is 0 Å². The Hall–Kier alpha value is -2.08. The number of nitrogens with two attached hydrogens (primary N) is 1. The number of nitrogens with zero attached hydrogens (tertiary/aromatic N) is 3. The molecule has 0 amide bonds.